The van der Waals surface area contributed by atoms with Crippen molar-refractivity contribution in [1.82, 2.24) is 15.0 Å². The lowest BCUT2D eigenvalue weighted by atomic mass is 9.97. The summed E-state index contributed by atoms with van der Waals surface area (Å²) in [6.45, 7) is 0. The molecule has 0 N–H and O–H groups in total. The van der Waals surface area contributed by atoms with Gasteiger partial charge in [0.2, 0.25) is 0 Å². The van der Waals surface area contributed by atoms with E-state index in [-0.39, 0.29) is 0 Å². The molecule has 0 aliphatic rings. The maximum Gasteiger partial charge on any atom is 0.164 e. The molecule has 234 valence electrons. The molecule has 50 heavy (non-hydrogen) atoms. The minimum atomic E-state index is 0.589. The highest BCUT2D eigenvalue weighted by Crippen LogP contribution is 2.36. The van der Waals surface area contributed by atoms with E-state index in [2.05, 4.69) is 97.1 Å². The van der Waals surface area contributed by atoms with Crippen LogP contribution in [-0.2, 0) is 0 Å². The van der Waals surface area contributed by atoms with Gasteiger partial charge in [-0.3, -0.25) is 0 Å². The van der Waals surface area contributed by atoms with Crippen molar-refractivity contribution in [1.29, 1.82) is 0 Å². The summed E-state index contributed by atoms with van der Waals surface area (Å²) in [4.78, 5) is 15.0. The first kappa shape index (κ1) is 28.2. The highest BCUT2D eigenvalue weighted by molar-refractivity contribution is 6.07. The van der Waals surface area contributed by atoms with Crippen molar-refractivity contribution in [3.63, 3.8) is 0 Å². The zero-order valence-electron chi connectivity index (χ0n) is 26.7. The van der Waals surface area contributed by atoms with Crippen LogP contribution in [0.15, 0.2) is 173 Å². The maximum absolute atomic E-state index is 6.21. The second-order valence-corrected chi connectivity index (χ2v) is 12.5. The van der Waals surface area contributed by atoms with Crippen molar-refractivity contribution < 1.29 is 8.83 Å². The minimum absolute atomic E-state index is 0.589. The fourth-order valence-electron chi connectivity index (χ4n) is 6.84. The predicted molar refractivity (Wildman–Crippen MR) is 202 cm³/mol. The van der Waals surface area contributed by atoms with Crippen molar-refractivity contribution in [3.05, 3.63) is 164 Å². The van der Waals surface area contributed by atoms with E-state index in [0.717, 1.165) is 82.8 Å². The first-order valence-electron chi connectivity index (χ1n) is 16.6. The smallest absolute Gasteiger partial charge is 0.164 e. The monoisotopic (exact) mass is 641 g/mol. The molecule has 10 rings (SSSR count). The molecule has 10 aromatic rings. The number of benzene rings is 7. The minimum Gasteiger partial charge on any atom is -0.456 e. The number of fused-ring (bicyclic) bond motifs is 6. The third kappa shape index (κ3) is 4.83. The Bertz CT molecular complexity index is 2890. The summed E-state index contributed by atoms with van der Waals surface area (Å²) in [5.74, 6) is 1.81. The third-order valence-corrected chi connectivity index (χ3v) is 9.33. The van der Waals surface area contributed by atoms with Gasteiger partial charge in [-0.1, -0.05) is 115 Å². The van der Waals surface area contributed by atoms with Crippen LogP contribution in [0.2, 0.25) is 0 Å². The lowest BCUT2D eigenvalue weighted by Gasteiger charge is -2.10. The molecule has 0 spiro atoms. The summed E-state index contributed by atoms with van der Waals surface area (Å²) in [6.07, 6.45) is 0. The Hall–Kier alpha value is -6.85. The zero-order chi connectivity index (χ0) is 33.0. The van der Waals surface area contributed by atoms with Crippen molar-refractivity contribution in [2.24, 2.45) is 0 Å². The molecule has 0 aliphatic carbocycles. The maximum atomic E-state index is 6.21. The van der Waals surface area contributed by atoms with Gasteiger partial charge in [-0.2, -0.15) is 0 Å². The number of nitrogens with zero attached hydrogens (tertiary/aromatic N) is 3. The van der Waals surface area contributed by atoms with E-state index in [4.69, 9.17) is 23.8 Å². The zero-order valence-corrected chi connectivity index (χ0v) is 26.7. The summed E-state index contributed by atoms with van der Waals surface area (Å²) >= 11 is 0. The predicted octanol–water partition coefficient (Wildman–Crippen LogP) is 12.0. The Morgan fingerprint density at radius 1 is 0.260 bits per heavy atom. The molecule has 3 heterocycles. The summed E-state index contributed by atoms with van der Waals surface area (Å²) in [6, 6.07) is 55.9. The number of hydrogen-bond donors (Lipinski definition) is 0. The summed E-state index contributed by atoms with van der Waals surface area (Å²) < 4.78 is 12.3. The number of furan rings is 2. The molecule has 0 unspecified atom stereocenters. The number of hydrogen-bond acceptors (Lipinski definition) is 5. The van der Waals surface area contributed by atoms with Crippen molar-refractivity contribution in [3.8, 4) is 56.4 Å². The van der Waals surface area contributed by atoms with Gasteiger partial charge in [-0.15, -0.1) is 0 Å². The molecule has 0 bridgehead atoms. The first-order chi connectivity index (χ1) is 24.7. The molecular formula is C45H27N3O2. The van der Waals surface area contributed by atoms with E-state index in [0.29, 0.717) is 17.5 Å². The standard InChI is InChI=1S/C45H27N3O2/c1-2-10-28(11-3-1)43-46-44(48-45(47-43)34-20-22-37-35-16-4-6-18-39(35)50-42(37)27-34)33-15-9-14-31(25-33)29-12-8-13-30(24-29)32-21-23-41-38(26-32)36-17-5-7-19-40(36)49-41/h1-27H. The Morgan fingerprint density at radius 2 is 0.700 bits per heavy atom. The van der Waals surface area contributed by atoms with E-state index in [9.17, 15) is 0 Å². The van der Waals surface area contributed by atoms with E-state index in [1.165, 1.54) is 0 Å². The summed E-state index contributed by atoms with van der Waals surface area (Å²) in [7, 11) is 0. The average molecular weight is 642 g/mol. The van der Waals surface area contributed by atoms with Crippen molar-refractivity contribution in [2.75, 3.05) is 0 Å². The highest BCUT2D eigenvalue weighted by atomic mass is 16.3. The van der Waals surface area contributed by atoms with Crippen molar-refractivity contribution in [2.45, 2.75) is 0 Å². The Morgan fingerprint density at radius 3 is 1.40 bits per heavy atom. The van der Waals surface area contributed by atoms with Crippen LogP contribution >= 0.6 is 0 Å². The van der Waals surface area contributed by atoms with Crippen LogP contribution in [0.25, 0.3) is 100 Å². The van der Waals surface area contributed by atoms with Crippen LogP contribution in [0, 0.1) is 0 Å². The van der Waals surface area contributed by atoms with E-state index in [1.807, 2.05) is 66.7 Å². The molecule has 0 fully saturated rings. The molecule has 7 aromatic carbocycles. The van der Waals surface area contributed by atoms with E-state index < -0.39 is 0 Å². The van der Waals surface area contributed by atoms with Gasteiger partial charge >= 0.3 is 0 Å². The molecule has 0 saturated carbocycles. The van der Waals surface area contributed by atoms with Gasteiger partial charge in [0.15, 0.2) is 17.5 Å². The molecule has 0 amide bonds. The Kier molecular flexibility index (Phi) is 6.42. The lowest BCUT2D eigenvalue weighted by Crippen LogP contribution is -2.00. The van der Waals surface area contributed by atoms with Gasteiger partial charge in [0, 0.05) is 38.2 Å². The fraction of sp³-hybridized carbons (Fsp3) is 0. The number of aromatic nitrogens is 3. The van der Waals surface area contributed by atoms with Crippen LogP contribution in [0.3, 0.4) is 0 Å². The quantitative estimate of drug-likeness (QED) is 0.187. The molecular weight excluding hydrogens is 615 g/mol. The molecule has 5 heteroatoms. The first-order valence-corrected chi connectivity index (χ1v) is 16.6. The second-order valence-electron chi connectivity index (χ2n) is 12.5. The molecule has 3 aromatic heterocycles. The van der Waals surface area contributed by atoms with Crippen LogP contribution in [0.1, 0.15) is 0 Å². The summed E-state index contributed by atoms with van der Waals surface area (Å²) in [5.41, 5.74) is 10.6. The lowest BCUT2D eigenvalue weighted by molar-refractivity contribution is 0.668. The van der Waals surface area contributed by atoms with E-state index >= 15 is 0 Å². The molecule has 5 nitrogen and oxygen atoms in total. The van der Waals surface area contributed by atoms with Crippen LogP contribution < -0.4 is 0 Å². The molecule has 0 radical (unpaired) electrons. The molecule has 0 atom stereocenters. The van der Waals surface area contributed by atoms with Gasteiger partial charge in [-0.25, -0.2) is 15.0 Å². The van der Waals surface area contributed by atoms with Gasteiger partial charge in [0.25, 0.3) is 0 Å². The normalized spacial score (nSPS) is 11.6. The SMILES string of the molecule is c1ccc(-c2nc(-c3cccc(-c4cccc(-c5ccc6oc7ccccc7c6c5)c4)c3)nc(-c3ccc4c(c3)oc3ccccc34)n2)cc1. The highest BCUT2D eigenvalue weighted by Gasteiger charge is 2.15. The second kappa shape index (κ2) is 11.4. The largest absolute Gasteiger partial charge is 0.456 e. The van der Waals surface area contributed by atoms with Crippen LogP contribution in [0.5, 0.6) is 0 Å². The third-order valence-electron chi connectivity index (χ3n) is 9.33. The molecule has 0 saturated heterocycles. The van der Waals surface area contributed by atoms with Gasteiger partial charge in [0.05, 0.1) is 0 Å². The average Bonchev–Trinajstić information content (AvgIpc) is 3.76. The fourth-order valence-corrected chi connectivity index (χ4v) is 6.84. The number of rotatable bonds is 5. The van der Waals surface area contributed by atoms with Gasteiger partial charge < -0.3 is 8.83 Å². The van der Waals surface area contributed by atoms with Gasteiger partial charge in [-0.05, 0) is 70.8 Å². The van der Waals surface area contributed by atoms with Crippen LogP contribution in [-0.4, -0.2) is 15.0 Å². The topological polar surface area (TPSA) is 65.0 Å². The summed E-state index contributed by atoms with van der Waals surface area (Å²) in [5, 5.41) is 4.39. The van der Waals surface area contributed by atoms with Crippen LogP contribution in [0.4, 0.5) is 0 Å². The van der Waals surface area contributed by atoms with Gasteiger partial charge in [0.1, 0.15) is 22.3 Å². The Labute approximate surface area is 287 Å². The molecule has 0 aliphatic heterocycles. The Balaban J connectivity index is 1.06. The number of para-hydroxylation sites is 2. The van der Waals surface area contributed by atoms with Crippen molar-refractivity contribution >= 4 is 43.9 Å². The van der Waals surface area contributed by atoms with E-state index in [1.54, 1.807) is 0 Å².